The highest BCUT2D eigenvalue weighted by Gasteiger charge is 2.29. The zero-order chi connectivity index (χ0) is 25.2. The summed E-state index contributed by atoms with van der Waals surface area (Å²) >= 11 is 0. The van der Waals surface area contributed by atoms with Crippen LogP contribution in [0.3, 0.4) is 0 Å². The zero-order valence-corrected chi connectivity index (χ0v) is 19.2. The molecule has 1 aromatic heterocycles. The summed E-state index contributed by atoms with van der Waals surface area (Å²) in [5.74, 6) is -1.91. The van der Waals surface area contributed by atoms with E-state index in [1.165, 1.54) is 17.0 Å². The minimum absolute atomic E-state index is 0.0391. The first-order valence-electron chi connectivity index (χ1n) is 11.5. The van der Waals surface area contributed by atoms with Crippen LogP contribution in [-0.4, -0.2) is 48.8 Å². The van der Waals surface area contributed by atoms with Gasteiger partial charge in [-0.05, 0) is 55.3 Å². The Balaban J connectivity index is 1.32. The van der Waals surface area contributed by atoms with Crippen molar-refractivity contribution in [2.45, 2.75) is 19.4 Å². The van der Waals surface area contributed by atoms with Crippen molar-refractivity contribution in [3.8, 4) is 11.5 Å². The van der Waals surface area contributed by atoms with Crippen molar-refractivity contribution in [2.24, 2.45) is 0 Å². The number of anilines is 1. The van der Waals surface area contributed by atoms with Crippen molar-refractivity contribution >= 4 is 23.3 Å². The number of benzene rings is 2. The average molecular weight is 496 g/mol. The normalized spacial score (nSPS) is 15.0. The molecular weight excluding hydrogens is 474 g/mol. The molecule has 10 heteroatoms. The number of rotatable bonds is 7. The number of hydrogen-bond donors (Lipinski definition) is 0. The SMILES string of the molecule is O=C(COc1ccc(F)cc1F)c1ccc2c(c1)N(Cc1ccc(C(=O)N3CCCC3)o1)C(=O)CO2. The number of Topliss-reactive ketones (excluding diaryl/α,β-unsaturated/α-hetero) is 1. The summed E-state index contributed by atoms with van der Waals surface area (Å²) in [6, 6.07) is 10.6. The van der Waals surface area contributed by atoms with Gasteiger partial charge in [0.15, 0.2) is 36.3 Å². The maximum absolute atomic E-state index is 13.8. The summed E-state index contributed by atoms with van der Waals surface area (Å²) in [7, 11) is 0. The Morgan fingerprint density at radius 1 is 1.00 bits per heavy atom. The average Bonchev–Trinajstić information content (AvgIpc) is 3.57. The number of carbonyl (C=O) groups is 3. The molecule has 2 aliphatic heterocycles. The minimum Gasteiger partial charge on any atom is -0.482 e. The van der Waals surface area contributed by atoms with E-state index < -0.39 is 24.0 Å². The summed E-state index contributed by atoms with van der Waals surface area (Å²) in [6.07, 6.45) is 1.92. The fourth-order valence-corrected chi connectivity index (χ4v) is 4.18. The van der Waals surface area contributed by atoms with E-state index in [0.29, 0.717) is 36.4 Å². The van der Waals surface area contributed by atoms with Crippen molar-refractivity contribution < 1.29 is 37.1 Å². The number of ketones is 1. The van der Waals surface area contributed by atoms with E-state index in [0.717, 1.165) is 25.0 Å². The van der Waals surface area contributed by atoms with Crippen molar-refractivity contribution in [2.75, 3.05) is 31.2 Å². The second-order valence-electron chi connectivity index (χ2n) is 8.50. The lowest BCUT2D eigenvalue weighted by molar-refractivity contribution is -0.121. The molecular formula is C26H22F2N2O6. The molecule has 0 N–H and O–H groups in total. The van der Waals surface area contributed by atoms with Gasteiger partial charge in [0.2, 0.25) is 0 Å². The van der Waals surface area contributed by atoms with Crippen LogP contribution >= 0.6 is 0 Å². The predicted molar refractivity (Wildman–Crippen MR) is 123 cm³/mol. The Bertz CT molecular complexity index is 1330. The number of likely N-dealkylation sites (tertiary alicyclic amines) is 1. The van der Waals surface area contributed by atoms with Crippen LogP contribution in [0.5, 0.6) is 11.5 Å². The minimum atomic E-state index is -0.917. The van der Waals surface area contributed by atoms with Crippen molar-refractivity contribution in [1.82, 2.24) is 4.90 Å². The predicted octanol–water partition coefficient (Wildman–Crippen LogP) is 3.98. The third-order valence-corrected chi connectivity index (χ3v) is 6.06. The smallest absolute Gasteiger partial charge is 0.289 e. The number of furan rings is 1. The van der Waals surface area contributed by atoms with Crippen LogP contribution in [0, 0.1) is 11.6 Å². The van der Waals surface area contributed by atoms with Crippen LogP contribution < -0.4 is 14.4 Å². The molecule has 0 spiro atoms. The topological polar surface area (TPSA) is 89.3 Å². The van der Waals surface area contributed by atoms with Crippen LogP contribution in [0.4, 0.5) is 14.5 Å². The number of ether oxygens (including phenoxy) is 2. The van der Waals surface area contributed by atoms with E-state index in [1.54, 1.807) is 23.1 Å². The van der Waals surface area contributed by atoms with Gasteiger partial charge in [-0.2, -0.15) is 0 Å². The summed E-state index contributed by atoms with van der Waals surface area (Å²) in [5.41, 5.74) is 0.567. The van der Waals surface area contributed by atoms with Crippen molar-refractivity contribution in [1.29, 1.82) is 0 Å². The molecule has 0 saturated carbocycles. The molecule has 1 saturated heterocycles. The molecule has 186 valence electrons. The van der Waals surface area contributed by atoms with Gasteiger partial charge in [-0.15, -0.1) is 0 Å². The zero-order valence-electron chi connectivity index (χ0n) is 19.2. The second-order valence-corrected chi connectivity index (χ2v) is 8.50. The molecule has 2 amide bonds. The molecule has 0 unspecified atom stereocenters. The highest BCUT2D eigenvalue weighted by atomic mass is 19.1. The van der Waals surface area contributed by atoms with Crippen molar-refractivity contribution in [3.63, 3.8) is 0 Å². The Morgan fingerprint density at radius 3 is 2.58 bits per heavy atom. The second kappa shape index (κ2) is 9.80. The highest BCUT2D eigenvalue weighted by molar-refractivity contribution is 6.02. The number of nitrogens with zero attached hydrogens (tertiary/aromatic N) is 2. The van der Waals surface area contributed by atoms with E-state index in [2.05, 4.69) is 0 Å². The first kappa shape index (κ1) is 23.5. The summed E-state index contributed by atoms with van der Waals surface area (Å²) in [6.45, 7) is 0.748. The van der Waals surface area contributed by atoms with Gasteiger partial charge >= 0.3 is 0 Å². The standard InChI is InChI=1S/C26H22F2N2O6/c27-17-4-7-22(19(28)12-17)34-14-21(31)16-3-6-23-20(11-16)30(25(32)15-35-23)13-18-5-8-24(36-18)26(33)29-9-1-2-10-29/h3-8,11-12H,1-2,9-10,13-15H2. The van der Waals surface area contributed by atoms with Gasteiger partial charge in [-0.1, -0.05) is 0 Å². The molecule has 3 aromatic rings. The molecule has 0 atom stereocenters. The first-order valence-corrected chi connectivity index (χ1v) is 11.5. The molecule has 2 aromatic carbocycles. The van der Waals surface area contributed by atoms with Crippen LogP contribution in [0.1, 0.15) is 39.5 Å². The number of carbonyl (C=O) groups excluding carboxylic acids is 3. The van der Waals surface area contributed by atoms with Crippen LogP contribution in [-0.2, 0) is 11.3 Å². The largest absolute Gasteiger partial charge is 0.482 e. The van der Waals surface area contributed by atoms with Crippen LogP contribution in [0.2, 0.25) is 0 Å². The van der Waals surface area contributed by atoms with Gasteiger partial charge in [0.1, 0.15) is 17.3 Å². The fourth-order valence-electron chi connectivity index (χ4n) is 4.18. The van der Waals surface area contributed by atoms with Gasteiger partial charge in [0.05, 0.1) is 12.2 Å². The molecule has 1 fully saturated rings. The Morgan fingerprint density at radius 2 is 1.81 bits per heavy atom. The molecule has 3 heterocycles. The molecule has 0 bridgehead atoms. The fraction of sp³-hybridized carbons (Fsp3) is 0.269. The maximum Gasteiger partial charge on any atom is 0.289 e. The third-order valence-electron chi connectivity index (χ3n) is 6.06. The van der Waals surface area contributed by atoms with Gasteiger partial charge in [0.25, 0.3) is 11.8 Å². The maximum atomic E-state index is 13.8. The van der Waals surface area contributed by atoms with E-state index in [9.17, 15) is 23.2 Å². The quantitative estimate of drug-likeness (QED) is 0.460. The number of hydrogen-bond acceptors (Lipinski definition) is 6. The lowest BCUT2D eigenvalue weighted by atomic mass is 10.1. The number of amides is 2. The number of halogens is 2. The summed E-state index contributed by atoms with van der Waals surface area (Å²) in [5, 5.41) is 0. The monoisotopic (exact) mass is 496 g/mol. The summed E-state index contributed by atoms with van der Waals surface area (Å²) in [4.78, 5) is 41.1. The Hall–Kier alpha value is -4.21. The van der Waals surface area contributed by atoms with Gasteiger partial charge in [-0.25, -0.2) is 8.78 Å². The number of fused-ring (bicyclic) bond motifs is 1. The van der Waals surface area contributed by atoms with Gasteiger partial charge in [0, 0.05) is 24.7 Å². The highest BCUT2D eigenvalue weighted by Crippen LogP contribution is 2.34. The molecule has 8 nitrogen and oxygen atoms in total. The van der Waals surface area contributed by atoms with Crippen LogP contribution in [0.15, 0.2) is 52.9 Å². The van der Waals surface area contributed by atoms with E-state index in [-0.39, 0.29) is 42.0 Å². The van der Waals surface area contributed by atoms with Gasteiger partial charge < -0.3 is 18.8 Å². The lowest BCUT2D eigenvalue weighted by Gasteiger charge is -2.29. The van der Waals surface area contributed by atoms with Crippen LogP contribution in [0.25, 0.3) is 0 Å². The van der Waals surface area contributed by atoms with E-state index >= 15 is 0 Å². The van der Waals surface area contributed by atoms with E-state index in [1.807, 2.05) is 0 Å². The van der Waals surface area contributed by atoms with E-state index in [4.69, 9.17) is 13.9 Å². The summed E-state index contributed by atoms with van der Waals surface area (Å²) < 4.78 is 43.3. The Kier molecular flexibility index (Phi) is 6.41. The molecule has 5 rings (SSSR count). The third kappa shape index (κ3) is 4.79. The molecule has 36 heavy (non-hydrogen) atoms. The molecule has 2 aliphatic rings. The Labute approximate surface area is 205 Å². The molecule has 0 radical (unpaired) electrons. The molecule has 0 aliphatic carbocycles. The lowest BCUT2D eigenvalue weighted by Crippen LogP contribution is -2.38. The van der Waals surface area contributed by atoms with Crippen molar-refractivity contribution in [3.05, 3.63) is 77.2 Å². The first-order chi connectivity index (χ1) is 17.4. The van der Waals surface area contributed by atoms with Gasteiger partial charge in [-0.3, -0.25) is 19.3 Å².